The summed E-state index contributed by atoms with van der Waals surface area (Å²) in [5, 5.41) is 5.97. The zero-order valence-corrected chi connectivity index (χ0v) is 20.5. The SMILES string of the molecule is COc1cc(C(=O)NC(CN2CCN(C)CC2)c2ccccc2)ccc1OCC(=O)NC(C)C. The summed E-state index contributed by atoms with van der Waals surface area (Å²) in [6, 6.07) is 14.9. The Hall–Kier alpha value is -3.10. The summed E-state index contributed by atoms with van der Waals surface area (Å²) >= 11 is 0. The number of benzene rings is 2. The van der Waals surface area contributed by atoms with Crippen molar-refractivity contribution in [1.29, 1.82) is 0 Å². The van der Waals surface area contributed by atoms with Gasteiger partial charge in [0.25, 0.3) is 11.8 Å². The number of nitrogens with zero attached hydrogens (tertiary/aromatic N) is 2. The first kappa shape index (κ1) is 25.5. The van der Waals surface area contributed by atoms with Gasteiger partial charge in [-0.15, -0.1) is 0 Å². The van der Waals surface area contributed by atoms with Crippen LogP contribution in [0.2, 0.25) is 0 Å². The molecule has 0 spiro atoms. The Morgan fingerprint density at radius 3 is 2.32 bits per heavy atom. The molecule has 0 aromatic heterocycles. The lowest BCUT2D eigenvalue weighted by atomic mass is 10.0. The van der Waals surface area contributed by atoms with Gasteiger partial charge in [0.1, 0.15) is 0 Å². The number of carbonyl (C=O) groups is 2. The number of amides is 2. The maximum absolute atomic E-state index is 13.2. The van der Waals surface area contributed by atoms with Gasteiger partial charge >= 0.3 is 0 Å². The molecule has 0 saturated carbocycles. The Labute approximate surface area is 202 Å². The number of piperazine rings is 1. The predicted octanol–water partition coefficient (Wildman–Crippen LogP) is 2.32. The highest BCUT2D eigenvalue weighted by Gasteiger charge is 2.22. The van der Waals surface area contributed by atoms with Crippen LogP contribution in [-0.4, -0.2) is 81.1 Å². The van der Waals surface area contributed by atoms with Gasteiger partial charge in [0.2, 0.25) is 0 Å². The van der Waals surface area contributed by atoms with Crippen LogP contribution in [0.25, 0.3) is 0 Å². The molecule has 8 nitrogen and oxygen atoms in total. The van der Waals surface area contributed by atoms with Crippen LogP contribution in [-0.2, 0) is 4.79 Å². The smallest absolute Gasteiger partial charge is 0.258 e. The molecule has 8 heteroatoms. The molecule has 2 aromatic rings. The Morgan fingerprint density at radius 1 is 0.971 bits per heavy atom. The lowest BCUT2D eigenvalue weighted by Crippen LogP contribution is -2.47. The molecule has 0 bridgehead atoms. The van der Waals surface area contributed by atoms with Gasteiger partial charge in [0, 0.05) is 44.3 Å². The number of methoxy groups -OCH3 is 1. The molecule has 0 aliphatic carbocycles. The molecule has 1 unspecified atom stereocenters. The quantitative estimate of drug-likeness (QED) is 0.557. The summed E-state index contributed by atoms with van der Waals surface area (Å²) in [7, 11) is 3.64. The molecule has 2 N–H and O–H groups in total. The van der Waals surface area contributed by atoms with Crippen LogP contribution < -0.4 is 20.1 Å². The Balaban J connectivity index is 1.69. The second-order valence-electron chi connectivity index (χ2n) is 8.92. The monoisotopic (exact) mass is 468 g/mol. The first-order valence-corrected chi connectivity index (χ1v) is 11.7. The highest BCUT2D eigenvalue weighted by molar-refractivity contribution is 5.95. The van der Waals surface area contributed by atoms with Gasteiger partial charge in [-0.05, 0) is 44.7 Å². The van der Waals surface area contributed by atoms with E-state index in [4.69, 9.17) is 9.47 Å². The van der Waals surface area contributed by atoms with Crippen molar-refractivity contribution < 1.29 is 19.1 Å². The molecule has 1 fully saturated rings. The van der Waals surface area contributed by atoms with Crippen LogP contribution >= 0.6 is 0 Å². The van der Waals surface area contributed by atoms with Crippen LogP contribution in [0.3, 0.4) is 0 Å². The van der Waals surface area contributed by atoms with Crippen molar-refractivity contribution in [3.8, 4) is 11.5 Å². The second kappa shape index (κ2) is 12.4. The third-order valence-corrected chi connectivity index (χ3v) is 5.78. The molecular weight excluding hydrogens is 432 g/mol. The van der Waals surface area contributed by atoms with Gasteiger partial charge in [-0.1, -0.05) is 30.3 Å². The largest absolute Gasteiger partial charge is 0.493 e. The maximum atomic E-state index is 13.2. The third-order valence-electron chi connectivity index (χ3n) is 5.78. The summed E-state index contributed by atoms with van der Waals surface area (Å²) in [5.74, 6) is 0.411. The number of hydrogen-bond donors (Lipinski definition) is 2. The molecule has 1 saturated heterocycles. The molecule has 0 radical (unpaired) electrons. The van der Waals surface area contributed by atoms with E-state index in [2.05, 4.69) is 27.5 Å². The Morgan fingerprint density at radius 2 is 1.68 bits per heavy atom. The lowest BCUT2D eigenvalue weighted by Gasteiger charge is -2.35. The van der Waals surface area contributed by atoms with E-state index in [9.17, 15) is 9.59 Å². The summed E-state index contributed by atoms with van der Waals surface area (Å²) in [6.45, 7) is 8.37. The van der Waals surface area contributed by atoms with E-state index in [0.29, 0.717) is 17.1 Å². The first-order valence-electron chi connectivity index (χ1n) is 11.7. The standard InChI is InChI=1S/C26H36N4O4/c1-19(2)27-25(31)18-34-23-11-10-21(16-24(23)33-4)26(32)28-22(20-8-6-5-7-9-20)17-30-14-12-29(3)13-15-30/h5-11,16,19,22H,12-15,17-18H2,1-4H3,(H,27,31)(H,28,32). The zero-order valence-electron chi connectivity index (χ0n) is 20.5. The van der Waals surface area contributed by atoms with E-state index in [1.165, 1.54) is 7.11 Å². The Bertz CT molecular complexity index is 943. The molecule has 1 atom stereocenters. The van der Waals surface area contributed by atoms with Crippen molar-refractivity contribution in [2.45, 2.75) is 25.9 Å². The lowest BCUT2D eigenvalue weighted by molar-refractivity contribution is -0.123. The molecule has 1 heterocycles. The summed E-state index contributed by atoms with van der Waals surface area (Å²) in [5.41, 5.74) is 1.54. The van der Waals surface area contributed by atoms with E-state index < -0.39 is 0 Å². The average Bonchev–Trinajstić information content (AvgIpc) is 2.83. The number of rotatable bonds is 10. The van der Waals surface area contributed by atoms with E-state index in [1.807, 2.05) is 44.2 Å². The summed E-state index contributed by atoms with van der Waals surface area (Å²) in [4.78, 5) is 29.8. The van der Waals surface area contributed by atoms with E-state index in [1.54, 1.807) is 18.2 Å². The fraction of sp³-hybridized carbons (Fsp3) is 0.462. The highest BCUT2D eigenvalue weighted by Crippen LogP contribution is 2.28. The van der Waals surface area contributed by atoms with Crippen LogP contribution in [0, 0.1) is 0 Å². The summed E-state index contributed by atoms with van der Waals surface area (Å²) in [6.07, 6.45) is 0. The van der Waals surface area contributed by atoms with Gasteiger partial charge in [-0.2, -0.15) is 0 Å². The molecular formula is C26H36N4O4. The van der Waals surface area contributed by atoms with E-state index in [-0.39, 0.29) is 30.5 Å². The van der Waals surface area contributed by atoms with Crippen LogP contribution in [0.1, 0.15) is 35.8 Å². The van der Waals surface area contributed by atoms with Crippen molar-refractivity contribution in [1.82, 2.24) is 20.4 Å². The van der Waals surface area contributed by atoms with Gasteiger partial charge in [-0.3, -0.25) is 14.5 Å². The van der Waals surface area contributed by atoms with Crippen LogP contribution in [0.5, 0.6) is 11.5 Å². The number of ether oxygens (including phenoxy) is 2. The fourth-order valence-corrected chi connectivity index (χ4v) is 3.88. The topological polar surface area (TPSA) is 83.1 Å². The zero-order chi connectivity index (χ0) is 24.5. The van der Waals surface area contributed by atoms with Gasteiger partial charge in [-0.25, -0.2) is 0 Å². The maximum Gasteiger partial charge on any atom is 0.258 e. The van der Waals surface area contributed by atoms with Crippen molar-refractivity contribution in [2.75, 3.05) is 53.5 Å². The number of carbonyl (C=O) groups excluding carboxylic acids is 2. The minimum atomic E-state index is -0.214. The normalized spacial score (nSPS) is 15.6. The third kappa shape index (κ3) is 7.46. The molecule has 184 valence electrons. The average molecular weight is 469 g/mol. The minimum Gasteiger partial charge on any atom is -0.493 e. The Kier molecular flexibility index (Phi) is 9.30. The molecule has 3 rings (SSSR count). The van der Waals surface area contributed by atoms with E-state index in [0.717, 1.165) is 38.3 Å². The van der Waals surface area contributed by atoms with Gasteiger partial charge in [0.05, 0.1) is 13.2 Å². The van der Waals surface area contributed by atoms with Crippen molar-refractivity contribution in [3.05, 3.63) is 59.7 Å². The predicted molar refractivity (Wildman–Crippen MR) is 132 cm³/mol. The van der Waals surface area contributed by atoms with Gasteiger partial charge < -0.3 is 25.0 Å². The molecule has 2 amide bonds. The van der Waals surface area contributed by atoms with Crippen LogP contribution in [0.4, 0.5) is 0 Å². The minimum absolute atomic E-state index is 0.0347. The van der Waals surface area contributed by atoms with Gasteiger partial charge in [0.15, 0.2) is 18.1 Å². The number of likely N-dealkylation sites (N-methyl/N-ethyl adjacent to an activating group) is 1. The highest BCUT2D eigenvalue weighted by atomic mass is 16.5. The summed E-state index contributed by atoms with van der Waals surface area (Å²) < 4.78 is 11.0. The second-order valence-corrected chi connectivity index (χ2v) is 8.92. The number of hydrogen-bond acceptors (Lipinski definition) is 6. The van der Waals surface area contributed by atoms with Crippen molar-refractivity contribution in [3.63, 3.8) is 0 Å². The number of nitrogens with one attached hydrogen (secondary N) is 2. The first-order chi connectivity index (χ1) is 16.4. The molecule has 1 aliphatic heterocycles. The van der Waals surface area contributed by atoms with Crippen molar-refractivity contribution in [2.24, 2.45) is 0 Å². The molecule has 2 aromatic carbocycles. The van der Waals surface area contributed by atoms with Crippen molar-refractivity contribution >= 4 is 11.8 Å². The van der Waals surface area contributed by atoms with Crippen LogP contribution in [0.15, 0.2) is 48.5 Å². The van der Waals surface area contributed by atoms with E-state index >= 15 is 0 Å². The fourth-order valence-electron chi connectivity index (χ4n) is 3.88. The molecule has 34 heavy (non-hydrogen) atoms. The molecule has 1 aliphatic rings.